The van der Waals surface area contributed by atoms with Crippen molar-refractivity contribution < 1.29 is 4.79 Å². The number of nitrogens with two attached hydrogens (primary N) is 1. The minimum absolute atomic E-state index is 0.303. The van der Waals surface area contributed by atoms with Crippen molar-refractivity contribution in [3.05, 3.63) is 29.8 Å². The maximum absolute atomic E-state index is 11.4. The number of rotatable bonds is 7. The van der Waals surface area contributed by atoms with Gasteiger partial charge in [0.2, 0.25) is 5.91 Å². The first kappa shape index (κ1) is 14.5. The fourth-order valence-electron chi connectivity index (χ4n) is 1.75. The van der Waals surface area contributed by atoms with Gasteiger partial charge >= 0.3 is 0 Å². The third kappa shape index (κ3) is 4.37. The van der Waals surface area contributed by atoms with Crippen LogP contribution in [0.4, 0.5) is 5.69 Å². The Labute approximate surface area is 109 Å². The zero-order valence-electron chi connectivity index (χ0n) is 11.4. The van der Waals surface area contributed by atoms with Crippen molar-refractivity contribution in [3.63, 3.8) is 0 Å². The van der Waals surface area contributed by atoms with Crippen molar-refractivity contribution in [1.29, 1.82) is 0 Å². The molecule has 0 aliphatic heterocycles. The molecule has 100 valence electrons. The number of nitrogens with one attached hydrogen (secondary N) is 1. The van der Waals surface area contributed by atoms with Crippen LogP contribution in [0.15, 0.2) is 24.3 Å². The van der Waals surface area contributed by atoms with E-state index in [1.165, 1.54) is 5.56 Å². The Balaban J connectivity index is 2.62. The minimum atomic E-state index is -0.309. The molecule has 1 rings (SSSR count). The van der Waals surface area contributed by atoms with Crippen LogP contribution in [-0.4, -0.2) is 32.1 Å². The quantitative estimate of drug-likeness (QED) is 0.765. The first-order valence-electron chi connectivity index (χ1n) is 6.35. The summed E-state index contributed by atoms with van der Waals surface area (Å²) in [6.45, 7) is 5.50. The Kier molecular flexibility index (Phi) is 5.65. The average molecular weight is 249 g/mol. The van der Waals surface area contributed by atoms with E-state index in [1.54, 1.807) is 0 Å². The number of carbonyl (C=O) groups excluding carboxylic acids is 1. The molecular weight excluding hydrogens is 226 g/mol. The zero-order valence-corrected chi connectivity index (χ0v) is 11.4. The summed E-state index contributed by atoms with van der Waals surface area (Å²) in [4.78, 5) is 13.4. The predicted octanol–water partition coefficient (Wildman–Crippen LogP) is 1.28. The van der Waals surface area contributed by atoms with Gasteiger partial charge in [0.05, 0.1) is 0 Å². The summed E-state index contributed by atoms with van der Waals surface area (Å²) in [7, 11) is 1.97. The van der Waals surface area contributed by atoms with E-state index in [9.17, 15) is 4.79 Å². The number of hydrogen-bond donors (Lipinski definition) is 2. The number of carbonyl (C=O) groups is 1. The predicted molar refractivity (Wildman–Crippen MR) is 75.7 cm³/mol. The van der Waals surface area contributed by atoms with Gasteiger partial charge in [-0.15, -0.1) is 0 Å². The zero-order chi connectivity index (χ0) is 13.5. The number of benzene rings is 1. The first-order valence-corrected chi connectivity index (χ1v) is 6.35. The summed E-state index contributed by atoms with van der Waals surface area (Å²) in [5, 5.41) is 3.16. The second-order valence-corrected chi connectivity index (χ2v) is 4.63. The fourth-order valence-corrected chi connectivity index (χ4v) is 1.75. The maximum atomic E-state index is 11.4. The third-order valence-electron chi connectivity index (χ3n) is 2.92. The lowest BCUT2D eigenvalue weighted by molar-refractivity contribution is -0.119. The first-order chi connectivity index (χ1) is 8.54. The molecule has 0 aliphatic carbocycles. The van der Waals surface area contributed by atoms with Crippen LogP contribution in [0, 0.1) is 6.92 Å². The molecule has 0 radical (unpaired) electrons. The number of amides is 1. The fraction of sp³-hybridized carbons (Fsp3) is 0.500. The van der Waals surface area contributed by atoms with E-state index in [4.69, 9.17) is 5.73 Å². The van der Waals surface area contributed by atoms with Gasteiger partial charge in [-0.25, -0.2) is 0 Å². The molecule has 0 saturated heterocycles. The topological polar surface area (TPSA) is 58.4 Å². The Bertz CT molecular complexity index is 375. The number of primary amides is 1. The van der Waals surface area contributed by atoms with E-state index in [1.807, 2.05) is 24.1 Å². The largest absolute Gasteiger partial charge is 0.372 e. The Morgan fingerprint density at radius 3 is 2.50 bits per heavy atom. The van der Waals surface area contributed by atoms with E-state index in [2.05, 4.69) is 31.3 Å². The van der Waals surface area contributed by atoms with Crippen LogP contribution in [0.5, 0.6) is 0 Å². The Hall–Kier alpha value is -1.55. The van der Waals surface area contributed by atoms with Crippen LogP contribution >= 0.6 is 0 Å². The Morgan fingerprint density at radius 1 is 1.39 bits per heavy atom. The lowest BCUT2D eigenvalue weighted by Gasteiger charge is -2.24. The van der Waals surface area contributed by atoms with Gasteiger partial charge in [-0.05, 0) is 32.0 Å². The van der Waals surface area contributed by atoms with Gasteiger partial charge in [0, 0.05) is 19.3 Å². The molecule has 1 amide bonds. The monoisotopic (exact) mass is 249 g/mol. The normalized spacial score (nSPS) is 12.2. The molecule has 18 heavy (non-hydrogen) atoms. The molecule has 3 N–H and O–H groups in total. The van der Waals surface area contributed by atoms with E-state index in [-0.39, 0.29) is 11.9 Å². The second-order valence-electron chi connectivity index (χ2n) is 4.63. The number of anilines is 1. The summed E-state index contributed by atoms with van der Waals surface area (Å²) >= 11 is 0. The van der Waals surface area contributed by atoms with Crippen LogP contribution in [0.1, 0.15) is 18.9 Å². The highest BCUT2D eigenvalue weighted by Gasteiger charge is 2.16. The number of hydrogen-bond acceptors (Lipinski definition) is 3. The molecule has 0 aliphatic rings. The summed E-state index contributed by atoms with van der Waals surface area (Å²) in [5.74, 6) is -0.303. The molecular formula is C14H23N3O. The van der Waals surface area contributed by atoms with Crippen LogP contribution < -0.4 is 16.0 Å². The lowest BCUT2D eigenvalue weighted by Crippen LogP contribution is -2.48. The van der Waals surface area contributed by atoms with E-state index in [0.717, 1.165) is 18.7 Å². The molecule has 1 aromatic carbocycles. The summed E-state index contributed by atoms with van der Waals surface area (Å²) in [6.07, 6.45) is 0.984. The molecule has 0 heterocycles. The number of likely N-dealkylation sites (N-methyl/N-ethyl adjacent to an activating group) is 1. The highest BCUT2D eigenvalue weighted by molar-refractivity contribution is 5.80. The molecule has 0 aromatic heterocycles. The van der Waals surface area contributed by atoms with Gasteiger partial charge in [0.15, 0.2) is 0 Å². The summed E-state index contributed by atoms with van der Waals surface area (Å²) < 4.78 is 0. The van der Waals surface area contributed by atoms with Crippen molar-refractivity contribution in [3.8, 4) is 0 Å². The van der Waals surface area contributed by atoms with Crippen LogP contribution in [0.3, 0.4) is 0 Å². The van der Waals surface area contributed by atoms with Crippen LogP contribution in [0.25, 0.3) is 0 Å². The molecule has 0 fully saturated rings. The average Bonchev–Trinajstić information content (AvgIpc) is 2.34. The molecule has 0 saturated carbocycles. The maximum Gasteiger partial charge on any atom is 0.236 e. The van der Waals surface area contributed by atoms with Crippen molar-refractivity contribution in [1.82, 2.24) is 5.32 Å². The summed E-state index contributed by atoms with van der Waals surface area (Å²) in [6, 6.07) is 7.91. The Morgan fingerprint density at radius 2 is 2.00 bits per heavy atom. The van der Waals surface area contributed by atoms with E-state index in [0.29, 0.717) is 6.54 Å². The van der Waals surface area contributed by atoms with Gasteiger partial charge in [-0.2, -0.15) is 0 Å². The van der Waals surface area contributed by atoms with Gasteiger partial charge in [-0.3, -0.25) is 4.79 Å². The van der Waals surface area contributed by atoms with Crippen LogP contribution in [0.2, 0.25) is 0 Å². The van der Waals surface area contributed by atoms with Crippen molar-refractivity contribution in [2.24, 2.45) is 5.73 Å². The smallest absolute Gasteiger partial charge is 0.236 e. The molecule has 4 nitrogen and oxygen atoms in total. The van der Waals surface area contributed by atoms with Gasteiger partial charge in [0.1, 0.15) is 6.04 Å². The minimum Gasteiger partial charge on any atom is -0.372 e. The van der Waals surface area contributed by atoms with Crippen molar-refractivity contribution in [2.45, 2.75) is 26.3 Å². The standard InChI is InChI=1S/C14H23N3O/c1-4-9-16-13(14(15)18)10-17(3)12-7-5-11(2)6-8-12/h5-8,13,16H,4,9-10H2,1-3H3,(H2,15,18). The number of nitrogens with zero attached hydrogens (tertiary/aromatic N) is 1. The third-order valence-corrected chi connectivity index (χ3v) is 2.92. The molecule has 4 heteroatoms. The van der Waals surface area contributed by atoms with E-state index < -0.39 is 0 Å². The molecule has 1 atom stereocenters. The molecule has 0 bridgehead atoms. The summed E-state index contributed by atoms with van der Waals surface area (Å²) in [5.41, 5.74) is 7.71. The van der Waals surface area contributed by atoms with Gasteiger partial charge < -0.3 is 16.0 Å². The van der Waals surface area contributed by atoms with Crippen molar-refractivity contribution in [2.75, 3.05) is 25.0 Å². The van der Waals surface area contributed by atoms with Crippen LogP contribution in [-0.2, 0) is 4.79 Å². The van der Waals surface area contributed by atoms with E-state index >= 15 is 0 Å². The SMILES string of the molecule is CCCNC(CN(C)c1ccc(C)cc1)C(N)=O. The highest BCUT2D eigenvalue weighted by Crippen LogP contribution is 2.13. The second kappa shape index (κ2) is 7.01. The molecule has 1 aromatic rings. The lowest BCUT2D eigenvalue weighted by atomic mass is 10.2. The van der Waals surface area contributed by atoms with Crippen molar-refractivity contribution >= 4 is 11.6 Å². The van der Waals surface area contributed by atoms with Gasteiger partial charge in [0.25, 0.3) is 0 Å². The number of aryl methyl sites for hydroxylation is 1. The van der Waals surface area contributed by atoms with Gasteiger partial charge in [-0.1, -0.05) is 24.6 Å². The molecule has 1 unspecified atom stereocenters. The highest BCUT2D eigenvalue weighted by atomic mass is 16.1. The molecule has 0 spiro atoms.